The Morgan fingerprint density at radius 3 is 2.53 bits per heavy atom. The van der Waals surface area contributed by atoms with Gasteiger partial charge in [-0.25, -0.2) is 0 Å². The van der Waals surface area contributed by atoms with Crippen molar-refractivity contribution in [3.63, 3.8) is 0 Å². The molecule has 1 fully saturated rings. The summed E-state index contributed by atoms with van der Waals surface area (Å²) in [5.41, 5.74) is -3.77. The predicted molar refractivity (Wildman–Crippen MR) is 68.0 cm³/mol. The van der Waals surface area contributed by atoms with Crippen LogP contribution in [0.4, 0.5) is 18.9 Å². The first kappa shape index (κ1) is 14.2. The maximum absolute atomic E-state index is 12.1. The molecule has 7 heteroatoms. The number of hydrogen-bond acceptors (Lipinski definition) is 3. The lowest BCUT2D eigenvalue weighted by Crippen LogP contribution is -2.24. The van der Waals surface area contributed by atoms with Gasteiger partial charge in [0.25, 0.3) is 0 Å². The van der Waals surface area contributed by atoms with Crippen molar-refractivity contribution in [2.24, 2.45) is 5.92 Å². The normalized spacial score (nSPS) is 19.4. The van der Waals surface area contributed by atoms with Gasteiger partial charge < -0.3 is 10.6 Å². The molecule has 1 aliphatic rings. The van der Waals surface area contributed by atoms with Crippen LogP contribution < -0.4 is 10.6 Å². The Balaban J connectivity index is 1.93. The molecule has 2 rings (SSSR count). The van der Waals surface area contributed by atoms with Gasteiger partial charge in [-0.3, -0.25) is 4.79 Å². The third-order valence-electron chi connectivity index (χ3n) is 2.79. The summed E-state index contributed by atoms with van der Waals surface area (Å²) >= 11 is -0.169. The highest BCUT2D eigenvalue weighted by Crippen LogP contribution is 2.37. The van der Waals surface area contributed by atoms with E-state index in [-0.39, 0.29) is 28.5 Å². The van der Waals surface area contributed by atoms with Crippen LogP contribution >= 0.6 is 11.8 Å². The molecule has 19 heavy (non-hydrogen) atoms. The van der Waals surface area contributed by atoms with Gasteiger partial charge in [0.2, 0.25) is 5.91 Å². The van der Waals surface area contributed by atoms with Crippen molar-refractivity contribution < 1.29 is 18.0 Å². The lowest BCUT2D eigenvalue weighted by Gasteiger charge is -2.10. The summed E-state index contributed by atoms with van der Waals surface area (Å²) in [4.78, 5) is 11.9. The average molecular weight is 290 g/mol. The minimum Gasteiger partial charge on any atom is -0.326 e. The van der Waals surface area contributed by atoms with Crippen LogP contribution in [-0.2, 0) is 4.79 Å². The Kier molecular flexibility index (Phi) is 4.36. The van der Waals surface area contributed by atoms with Gasteiger partial charge in [0, 0.05) is 17.1 Å². The van der Waals surface area contributed by atoms with Gasteiger partial charge in [-0.2, -0.15) is 13.2 Å². The summed E-state index contributed by atoms with van der Waals surface area (Å²) in [6, 6.07) is 5.66. The standard InChI is InChI=1S/C12H13F3N2OS/c13-12(14,15)19-10-3-1-9(2-4-10)17-11(18)8-5-6-16-7-8/h1-4,8,16H,5-7H2,(H,17,18). The zero-order valence-corrected chi connectivity index (χ0v) is 10.8. The van der Waals surface area contributed by atoms with Crippen LogP contribution in [0, 0.1) is 5.92 Å². The van der Waals surface area contributed by atoms with E-state index in [9.17, 15) is 18.0 Å². The predicted octanol–water partition coefficient (Wildman–Crippen LogP) is 2.85. The minimum atomic E-state index is -4.29. The Morgan fingerprint density at radius 2 is 2.00 bits per heavy atom. The Bertz CT molecular complexity index is 441. The van der Waals surface area contributed by atoms with E-state index in [2.05, 4.69) is 10.6 Å². The summed E-state index contributed by atoms with van der Waals surface area (Å²) in [6.45, 7) is 1.47. The second kappa shape index (κ2) is 5.83. The number of alkyl halides is 3. The van der Waals surface area contributed by atoms with E-state index in [0.29, 0.717) is 12.2 Å². The molecular formula is C12H13F3N2OS. The molecule has 0 aromatic heterocycles. The second-order valence-electron chi connectivity index (χ2n) is 4.25. The fourth-order valence-electron chi connectivity index (χ4n) is 1.86. The molecule has 0 spiro atoms. The highest BCUT2D eigenvalue weighted by Gasteiger charge is 2.29. The van der Waals surface area contributed by atoms with E-state index in [1.165, 1.54) is 24.3 Å². The monoisotopic (exact) mass is 290 g/mol. The zero-order valence-electron chi connectivity index (χ0n) is 9.96. The lowest BCUT2D eigenvalue weighted by molar-refractivity contribution is -0.119. The van der Waals surface area contributed by atoms with Crippen molar-refractivity contribution in [3.8, 4) is 0 Å². The molecule has 104 valence electrons. The maximum Gasteiger partial charge on any atom is 0.446 e. The average Bonchev–Trinajstić information content (AvgIpc) is 2.83. The Hall–Kier alpha value is -1.21. The van der Waals surface area contributed by atoms with E-state index in [4.69, 9.17) is 0 Å². The molecule has 1 unspecified atom stereocenters. The molecule has 1 heterocycles. The highest BCUT2D eigenvalue weighted by molar-refractivity contribution is 8.00. The van der Waals surface area contributed by atoms with Crippen molar-refractivity contribution in [2.45, 2.75) is 16.8 Å². The van der Waals surface area contributed by atoms with Gasteiger partial charge in [0.1, 0.15) is 0 Å². The van der Waals surface area contributed by atoms with Crippen LogP contribution in [0.3, 0.4) is 0 Å². The third-order valence-corrected chi connectivity index (χ3v) is 3.53. The smallest absolute Gasteiger partial charge is 0.326 e. The summed E-state index contributed by atoms with van der Waals surface area (Å²) < 4.78 is 36.4. The number of benzene rings is 1. The summed E-state index contributed by atoms with van der Waals surface area (Å²) in [5, 5.41) is 5.79. The fraction of sp³-hybridized carbons (Fsp3) is 0.417. The van der Waals surface area contributed by atoms with E-state index in [1.54, 1.807) is 0 Å². The summed E-state index contributed by atoms with van der Waals surface area (Å²) in [5.74, 6) is -0.162. The van der Waals surface area contributed by atoms with Crippen molar-refractivity contribution in [1.82, 2.24) is 5.32 Å². The van der Waals surface area contributed by atoms with Crippen LogP contribution in [0.2, 0.25) is 0 Å². The first-order valence-corrected chi connectivity index (χ1v) is 6.63. The van der Waals surface area contributed by atoms with E-state index < -0.39 is 5.51 Å². The molecule has 0 saturated carbocycles. The number of amides is 1. The molecule has 0 bridgehead atoms. The lowest BCUT2D eigenvalue weighted by atomic mass is 10.1. The van der Waals surface area contributed by atoms with Crippen molar-refractivity contribution in [3.05, 3.63) is 24.3 Å². The van der Waals surface area contributed by atoms with Crippen molar-refractivity contribution in [2.75, 3.05) is 18.4 Å². The number of thioether (sulfide) groups is 1. The van der Waals surface area contributed by atoms with Crippen LogP contribution in [0.15, 0.2) is 29.2 Å². The molecule has 1 atom stereocenters. The highest BCUT2D eigenvalue weighted by atomic mass is 32.2. The fourth-order valence-corrected chi connectivity index (χ4v) is 2.40. The van der Waals surface area contributed by atoms with Crippen LogP contribution in [0.5, 0.6) is 0 Å². The van der Waals surface area contributed by atoms with Gasteiger partial charge in [0.15, 0.2) is 0 Å². The number of carbonyl (C=O) groups excluding carboxylic acids is 1. The molecule has 1 aromatic carbocycles. The largest absolute Gasteiger partial charge is 0.446 e. The Morgan fingerprint density at radius 1 is 1.32 bits per heavy atom. The van der Waals surface area contributed by atoms with E-state index in [1.807, 2.05) is 0 Å². The van der Waals surface area contributed by atoms with Crippen molar-refractivity contribution >= 4 is 23.4 Å². The zero-order chi connectivity index (χ0) is 13.9. The molecule has 1 saturated heterocycles. The number of rotatable bonds is 3. The number of anilines is 1. The van der Waals surface area contributed by atoms with Gasteiger partial charge in [-0.05, 0) is 49.0 Å². The third kappa shape index (κ3) is 4.43. The SMILES string of the molecule is O=C(Nc1ccc(SC(F)(F)F)cc1)C1CCNC1. The number of carbonyl (C=O) groups is 1. The first-order valence-electron chi connectivity index (χ1n) is 5.81. The van der Waals surface area contributed by atoms with Crippen LogP contribution in [-0.4, -0.2) is 24.5 Å². The molecule has 1 amide bonds. The quantitative estimate of drug-likeness (QED) is 0.841. The number of hydrogen-bond donors (Lipinski definition) is 2. The molecule has 0 aliphatic carbocycles. The first-order chi connectivity index (χ1) is 8.94. The van der Waals surface area contributed by atoms with Gasteiger partial charge in [-0.15, -0.1) is 0 Å². The summed E-state index contributed by atoms with van der Waals surface area (Å²) in [6.07, 6.45) is 0.786. The molecule has 2 N–H and O–H groups in total. The maximum atomic E-state index is 12.1. The molecule has 1 aromatic rings. The molecular weight excluding hydrogens is 277 g/mol. The van der Waals surface area contributed by atoms with Crippen LogP contribution in [0.1, 0.15) is 6.42 Å². The van der Waals surface area contributed by atoms with Gasteiger partial charge in [-0.1, -0.05) is 0 Å². The number of nitrogens with one attached hydrogen (secondary N) is 2. The Labute approximate surface area is 112 Å². The van der Waals surface area contributed by atoms with Crippen LogP contribution in [0.25, 0.3) is 0 Å². The molecule has 0 radical (unpaired) electrons. The van der Waals surface area contributed by atoms with E-state index in [0.717, 1.165) is 13.0 Å². The molecule has 3 nitrogen and oxygen atoms in total. The summed E-state index contributed by atoms with van der Waals surface area (Å²) in [7, 11) is 0. The topological polar surface area (TPSA) is 41.1 Å². The number of halogens is 3. The van der Waals surface area contributed by atoms with Gasteiger partial charge >= 0.3 is 5.51 Å². The van der Waals surface area contributed by atoms with Gasteiger partial charge in [0.05, 0.1) is 5.92 Å². The van der Waals surface area contributed by atoms with Crippen molar-refractivity contribution in [1.29, 1.82) is 0 Å². The second-order valence-corrected chi connectivity index (χ2v) is 5.39. The molecule has 1 aliphatic heterocycles. The minimum absolute atomic E-state index is 0.0655. The van der Waals surface area contributed by atoms with E-state index >= 15 is 0 Å².